The summed E-state index contributed by atoms with van der Waals surface area (Å²) in [4.78, 5) is 12.4. The summed E-state index contributed by atoms with van der Waals surface area (Å²) in [5.74, 6) is 0.0630. The van der Waals surface area contributed by atoms with E-state index in [1.807, 2.05) is 20.8 Å². The van der Waals surface area contributed by atoms with Crippen LogP contribution in [0.4, 0.5) is 0 Å². The van der Waals surface area contributed by atoms with Gasteiger partial charge in [0, 0.05) is 6.54 Å². The fourth-order valence-electron chi connectivity index (χ4n) is 2.24. The standard InChI is InChI=1S/C16H26N2O/c1-5-16(6-2,11-17)15(19)18-13(4)14-9-7-12(3)8-10-14/h7-10,13H,5-6,11,17H2,1-4H3,(H,18,19). The lowest BCUT2D eigenvalue weighted by atomic mass is 9.81. The van der Waals surface area contributed by atoms with Gasteiger partial charge in [0.1, 0.15) is 0 Å². The maximum Gasteiger partial charge on any atom is 0.227 e. The smallest absolute Gasteiger partial charge is 0.227 e. The van der Waals surface area contributed by atoms with E-state index < -0.39 is 5.41 Å². The van der Waals surface area contributed by atoms with Crippen molar-refractivity contribution in [2.24, 2.45) is 11.1 Å². The minimum Gasteiger partial charge on any atom is -0.349 e. The number of nitrogens with two attached hydrogens (primary N) is 1. The van der Waals surface area contributed by atoms with Gasteiger partial charge in [0.25, 0.3) is 0 Å². The lowest BCUT2D eigenvalue weighted by molar-refractivity contribution is -0.131. The van der Waals surface area contributed by atoms with E-state index in [2.05, 4.69) is 36.5 Å². The topological polar surface area (TPSA) is 55.1 Å². The first-order valence-corrected chi connectivity index (χ1v) is 7.06. The second-order valence-corrected chi connectivity index (χ2v) is 5.30. The number of hydrogen-bond acceptors (Lipinski definition) is 2. The summed E-state index contributed by atoms with van der Waals surface area (Å²) in [7, 11) is 0. The van der Waals surface area contributed by atoms with Gasteiger partial charge in [-0.15, -0.1) is 0 Å². The molecule has 1 rings (SSSR count). The molecular formula is C16H26N2O. The van der Waals surface area contributed by atoms with Gasteiger partial charge in [-0.25, -0.2) is 0 Å². The number of carbonyl (C=O) groups excluding carboxylic acids is 1. The number of hydrogen-bond donors (Lipinski definition) is 2. The predicted molar refractivity (Wildman–Crippen MR) is 79.8 cm³/mol. The Morgan fingerprint density at radius 3 is 2.21 bits per heavy atom. The highest BCUT2D eigenvalue weighted by Gasteiger charge is 2.33. The molecule has 0 radical (unpaired) electrons. The Balaban J connectivity index is 2.78. The van der Waals surface area contributed by atoms with E-state index in [1.165, 1.54) is 5.56 Å². The van der Waals surface area contributed by atoms with Crippen molar-refractivity contribution in [3.63, 3.8) is 0 Å². The highest BCUT2D eigenvalue weighted by Crippen LogP contribution is 2.26. The maximum atomic E-state index is 12.4. The molecule has 0 aliphatic heterocycles. The molecule has 1 aromatic rings. The van der Waals surface area contributed by atoms with E-state index in [-0.39, 0.29) is 11.9 Å². The van der Waals surface area contributed by atoms with Crippen molar-refractivity contribution in [2.75, 3.05) is 6.54 Å². The van der Waals surface area contributed by atoms with Crippen molar-refractivity contribution in [1.29, 1.82) is 0 Å². The zero-order chi connectivity index (χ0) is 14.5. The average molecular weight is 262 g/mol. The minimum absolute atomic E-state index is 0.0112. The molecule has 1 unspecified atom stereocenters. The first-order chi connectivity index (χ1) is 8.99. The van der Waals surface area contributed by atoms with Crippen LogP contribution in [0.2, 0.25) is 0 Å². The van der Waals surface area contributed by atoms with Gasteiger partial charge in [-0.05, 0) is 32.3 Å². The van der Waals surface area contributed by atoms with Crippen LogP contribution >= 0.6 is 0 Å². The van der Waals surface area contributed by atoms with Gasteiger partial charge < -0.3 is 11.1 Å². The number of amides is 1. The summed E-state index contributed by atoms with van der Waals surface area (Å²) in [6.07, 6.45) is 1.54. The van der Waals surface area contributed by atoms with Crippen LogP contribution in [0.25, 0.3) is 0 Å². The molecule has 3 nitrogen and oxygen atoms in total. The Morgan fingerprint density at radius 1 is 1.26 bits per heavy atom. The van der Waals surface area contributed by atoms with Gasteiger partial charge in [-0.3, -0.25) is 4.79 Å². The van der Waals surface area contributed by atoms with Crippen LogP contribution in [-0.4, -0.2) is 12.5 Å². The van der Waals surface area contributed by atoms with Crippen LogP contribution in [0.3, 0.4) is 0 Å². The van der Waals surface area contributed by atoms with Crippen LogP contribution in [0, 0.1) is 12.3 Å². The Hall–Kier alpha value is -1.35. The second kappa shape index (κ2) is 6.71. The van der Waals surface area contributed by atoms with E-state index >= 15 is 0 Å². The number of rotatable bonds is 6. The molecule has 0 bridgehead atoms. The summed E-state index contributed by atoms with van der Waals surface area (Å²) in [6, 6.07) is 8.25. The molecule has 3 N–H and O–H groups in total. The van der Waals surface area contributed by atoms with Crippen molar-refractivity contribution in [3.8, 4) is 0 Å². The molecule has 1 aromatic carbocycles. The summed E-state index contributed by atoms with van der Waals surface area (Å²) < 4.78 is 0. The quantitative estimate of drug-likeness (QED) is 0.828. The summed E-state index contributed by atoms with van der Waals surface area (Å²) >= 11 is 0. The van der Waals surface area contributed by atoms with E-state index in [0.29, 0.717) is 6.54 Å². The maximum absolute atomic E-state index is 12.4. The SMILES string of the molecule is CCC(CC)(CN)C(=O)NC(C)c1ccc(C)cc1. The monoisotopic (exact) mass is 262 g/mol. The van der Waals surface area contributed by atoms with Crippen LogP contribution in [0.15, 0.2) is 24.3 Å². The van der Waals surface area contributed by atoms with Crippen LogP contribution in [-0.2, 0) is 4.79 Å². The van der Waals surface area contributed by atoms with E-state index in [4.69, 9.17) is 5.73 Å². The predicted octanol–water partition coefficient (Wildman–Crippen LogP) is 2.94. The molecule has 0 saturated heterocycles. The number of carbonyl (C=O) groups is 1. The third-order valence-corrected chi connectivity index (χ3v) is 4.15. The molecule has 106 valence electrons. The normalized spacial score (nSPS) is 13.1. The highest BCUT2D eigenvalue weighted by molar-refractivity contribution is 5.83. The lowest BCUT2D eigenvalue weighted by Gasteiger charge is -2.30. The molecule has 0 spiro atoms. The number of benzene rings is 1. The van der Waals surface area contributed by atoms with Gasteiger partial charge in [-0.2, -0.15) is 0 Å². The first-order valence-electron chi connectivity index (χ1n) is 7.06. The zero-order valence-corrected chi connectivity index (χ0v) is 12.5. The summed E-state index contributed by atoms with van der Waals surface area (Å²) in [5.41, 5.74) is 7.72. The minimum atomic E-state index is -0.432. The molecule has 3 heteroatoms. The molecule has 0 aromatic heterocycles. The van der Waals surface area contributed by atoms with Gasteiger partial charge in [-0.1, -0.05) is 43.7 Å². The Labute approximate surface area is 116 Å². The number of nitrogens with one attached hydrogen (secondary N) is 1. The van der Waals surface area contributed by atoms with Crippen molar-refractivity contribution in [3.05, 3.63) is 35.4 Å². The van der Waals surface area contributed by atoms with Crippen molar-refractivity contribution in [1.82, 2.24) is 5.32 Å². The fourth-order valence-corrected chi connectivity index (χ4v) is 2.24. The van der Waals surface area contributed by atoms with Crippen LogP contribution < -0.4 is 11.1 Å². The Bertz CT molecular complexity index is 399. The second-order valence-electron chi connectivity index (χ2n) is 5.30. The summed E-state index contributed by atoms with van der Waals surface area (Å²) in [5, 5.41) is 3.09. The van der Waals surface area contributed by atoms with E-state index in [0.717, 1.165) is 18.4 Å². The third-order valence-electron chi connectivity index (χ3n) is 4.15. The first kappa shape index (κ1) is 15.7. The summed E-state index contributed by atoms with van der Waals surface area (Å²) in [6.45, 7) is 8.50. The average Bonchev–Trinajstić information content (AvgIpc) is 2.42. The molecule has 0 fully saturated rings. The van der Waals surface area contributed by atoms with Crippen molar-refractivity contribution < 1.29 is 4.79 Å². The fraction of sp³-hybridized carbons (Fsp3) is 0.562. The van der Waals surface area contributed by atoms with Crippen LogP contribution in [0.5, 0.6) is 0 Å². The molecule has 1 amide bonds. The molecule has 0 saturated carbocycles. The van der Waals surface area contributed by atoms with Crippen molar-refractivity contribution >= 4 is 5.91 Å². The van der Waals surface area contributed by atoms with Gasteiger partial charge >= 0.3 is 0 Å². The molecule has 0 heterocycles. The highest BCUT2D eigenvalue weighted by atomic mass is 16.2. The molecular weight excluding hydrogens is 236 g/mol. The van der Waals surface area contributed by atoms with Gasteiger partial charge in [0.15, 0.2) is 0 Å². The zero-order valence-electron chi connectivity index (χ0n) is 12.5. The Kier molecular flexibility index (Phi) is 5.55. The Morgan fingerprint density at radius 2 is 1.79 bits per heavy atom. The van der Waals surface area contributed by atoms with E-state index in [1.54, 1.807) is 0 Å². The van der Waals surface area contributed by atoms with Gasteiger partial charge in [0.2, 0.25) is 5.91 Å². The van der Waals surface area contributed by atoms with E-state index in [9.17, 15) is 4.79 Å². The van der Waals surface area contributed by atoms with Crippen molar-refractivity contribution in [2.45, 2.75) is 46.6 Å². The number of aryl methyl sites for hydroxylation is 1. The molecule has 0 aliphatic carbocycles. The lowest BCUT2D eigenvalue weighted by Crippen LogP contribution is -2.46. The largest absolute Gasteiger partial charge is 0.349 e. The molecule has 0 aliphatic rings. The molecule has 19 heavy (non-hydrogen) atoms. The van der Waals surface area contributed by atoms with Gasteiger partial charge in [0.05, 0.1) is 11.5 Å². The third kappa shape index (κ3) is 3.57. The molecule has 1 atom stereocenters. The van der Waals surface area contributed by atoms with Crippen LogP contribution in [0.1, 0.15) is 50.8 Å².